The summed E-state index contributed by atoms with van der Waals surface area (Å²) in [7, 11) is 0. The minimum Gasteiger partial charge on any atom is -0.316 e. The molecule has 96 valence electrons. The standard InChI is InChI=1S/C12H17N5S/c1-2-12(5-6-13-7-12)10-16-17-9(8-3-4-8)14-15-11(17)18-10/h8,13H,2-7H2,1H3. The summed E-state index contributed by atoms with van der Waals surface area (Å²) in [5.74, 6) is 1.68. The number of hydrogen-bond acceptors (Lipinski definition) is 5. The third-order valence-electron chi connectivity index (χ3n) is 4.33. The van der Waals surface area contributed by atoms with Gasteiger partial charge in [-0.2, -0.15) is 9.61 Å². The molecule has 2 aliphatic rings. The highest BCUT2D eigenvalue weighted by Crippen LogP contribution is 2.41. The van der Waals surface area contributed by atoms with Crippen LogP contribution in [0.1, 0.15) is 49.4 Å². The molecule has 1 saturated carbocycles. The van der Waals surface area contributed by atoms with Crippen molar-refractivity contribution in [1.82, 2.24) is 25.1 Å². The molecule has 4 rings (SSSR count). The fourth-order valence-electron chi connectivity index (χ4n) is 2.82. The first kappa shape index (κ1) is 10.9. The fourth-order valence-corrected chi connectivity index (χ4v) is 3.95. The van der Waals surface area contributed by atoms with Crippen LogP contribution in [0.15, 0.2) is 0 Å². The van der Waals surface area contributed by atoms with Crippen molar-refractivity contribution >= 4 is 16.3 Å². The van der Waals surface area contributed by atoms with E-state index in [1.807, 2.05) is 4.52 Å². The Morgan fingerprint density at radius 3 is 3.00 bits per heavy atom. The van der Waals surface area contributed by atoms with Gasteiger partial charge in [0.25, 0.3) is 0 Å². The molecule has 1 N–H and O–H groups in total. The second-order valence-corrected chi connectivity index (χ2v) is 6.45. The first-order valence-electron chi connectivity index (χ1n) is 6.76. The first-order chi connectivity index (χ1) is 8.82. The predicted octanol–water partition coefficient (Wildman–Crippen LogP) is 1.70. The quantitative estimate of drug-likeness (QED) is 0.916. The van der Waals surface area contributed by atoms with Gasteiger partial charge in [-0.25, -0.2) is 0 Å². The van der Waals surface area contributed by atoms with Gasteiger partial charge in [-0.1, -0.05) is 18.3 Å². The molecule has 1 aliphatic carbocycles. The number of rotatable bonds is 3. The van der Waals surface area contributed by atoms with Gasteiger partial charge in [0.05, 0.1) is 0 Å². The Morgan fingerprint density at radius 2 is 2.33 bits per heavy atom. The van der Waals surface area contributed by atoms with Gasteiger partial charge in [0.1, 0.15) is 5.01 Å². The third-order valence-corrected chi connectivity index (χ3v) is 5.48. The van der Waals surface area contributed by atoms with Gasteiger partial charge in [-0.3, -0.25) is 0 Å². The molecular weight excluding hydrogens is 246 g/mol. The Morgan fingerprint density at radius 1 is 1.44 bits per heavy atom. The summed E-state index contributed by atoms with van der Waals surface area (Å²) >= 11 is 1.72. The molecule has 2 aromatic heterocycles. The van der Waals surface area contributed by atoms with Gasteiger partial charge in [0, 0.05) is 17.9 Å². The number of fused-ring (bicyclic) bond motifs is 1. The summed E-state index contributed by atoms with van der Waals surface area (Å²) in [5, 5.41) is 18.1. The van der Waals surface area contributed by atoms with Crippen LogP contribution in [0.25, 0.3) is 4.96 Å². The second-order valence-electron chi connectivity index (χ2n) is 5.49. The zero-order valence-corrected chi connectivity index (χ0v) is 11.3. The Bertz CT molecular complexity index is 576. The minimum atomic E-state index is 0.228. The highest BCUT2D eigenvalue weighted by atomic mass is 32.1. The van der Waals surface area contributed by atoms with Gasteiger partial charge in [-0.15, -0.1) is 10.2 Å². The van der Waals surface area contributed by atoms with Crippen molar-refractivity contribution in [2.45, 2.75) is 43.9 Å². The van der Waals surface area contributed by atoms with Gasteiger partial charge < -0.3 is 5.32 Å². The Labute approximate surface area is 110 Å². The average molecular weight is 263 g/mol. The lowest BCUT2D eigenvalue weighted by atomic mass is 9.85. The number of hydrogen-bond donors (Lipinski definition) is 1. The molecule has 0 aromatic carbocycles. The number of nitrogens with zero attached hydrogens (tertiary/aromatic N) is 4. The van der Waals surface area contributed by atoms with Crippen molar-refractivity contribution in [3.05, 3.63) is 10.8 Å². The van der Waals surface area contributed by atoms with Crippen LogP contribution in [0.4, 0.5) is 0 Å². The van der Waals surface area contributed by atoms with E-state index in [-0.39, 0.29) is 5.41 Å². The molecule has 6 heteroatoms. The normalized spacial score (nSPS) is 28.3. The van der Waals surface area contributed by atoms with E-state index in [1.165, 1.54) is 24.3 Å². The van der Waals surface area contributed by atoms with Crippen LogP contribution in [0.5, 0.6) is 0 Å². The zero-order valence-electron chi connectivity index (χ0n) is 10.5. The van der Waals surface area contributed by atoms with Crippen molar-refractivity contribution in [1.29, 1.82) is 0 Å². The molecule has 0 spiro atoms. The van der Waals surface area contributed by atoms with E-state index in [4.69, 9.17) is 5.10 Å². The molecule has 0 bridgehead atoms. The van der Waals surface area contributed by atoms with Gasteiger partial charge in [0.15, 0.2) is 5.82 Å². The van der Waals surface area contributed by atoms with E-state index in [0.717, 1.165) is 30.3 Å². The fraction of sp³-hybridized carbons (Fsp3) is 0.750. The molecule has 2 fully saturated rings. The lowest BCUT2D eigenvalue weighted by Gasteiger charge is -2.22. The van der Waals surface area contributed by atoms with E-state index in [1.54, 1.807) is 11.3 Å². The molecule has 1 saturated heterocycles. The van der Waals surface area contributed by atoms with Crippen LogP contribution in [-0.2, 0) is 5.41 Å². The van der Waals surface area contributed by atoms with Crippen molar-refractivity contribution in [3.63, 3.8) is 0 Å². The number of nitrogens with one attached hydrogen (secondary N) is 1. The summed E-state index contributed by atoms with van der Waals surface area (Å²) in [5.41, 5.74) is 0.228. The molecular formula is C12H17N5S. The molecule has 1 atom stereocenters. The molecule has 0 amide bonds. The molecule has 18 heavy (non-hydrogen) atoms. The van der Waals surface area contributed by atoms with E-state index in [9.17, 15) is 0 Å². The lowest BCUT2D eigenvalue weighted by Crippen LogP contribution is -2.28. The van der Waals surface area contributed by atoms with Crippen molar-refractivity contribution in [2.75, 3.05) is 13.1 Å². The molecule has 3 heterocycles. The SMILES string of the molecule is CCC1(c2nn3c(C4CC4)nnc3s2)CCNC1. The lowest BCUT2D eigenvalue weighted by molar-refractivity contribution is 0.445. The molecule has 1 aliphatic heterocycles. The van der Waals surface area contributed by atoms with Crippen LogP contribution in [0.2, 0.25) is 0 Å². The maximum absolute atomic E-state index is 4.83. The Balaban J connectivity index is 1.80. The van der Waals surface area contributed by atoms with Crippen LogP contribution in [0, 0.1) is 0 Å². The monoisotopic (exact) mass is 263 g/mol. The summed E-state index contributed by atoms with van der Waals surface area (Å²) in [6, 6.07) is 0. The third kappa shape index (κ3) is 1.45. The summed E-state index contributed by atoms with van der Waals surface area (Å²) in [6.45, 7) is 4.41. The topological polar surface area (TPSA) is 55.1 Å². The summed E-state index contributed by atoms with van der Waals surface area (Å²) in [6.07, 6.45) is 4.82. The predicted molar refractivity (Wildman–Crippen MR) is 70.1 cm³/mol. The molecule has 0 radical (unpaired) electrons. The Hall–Kier alpha value is -1.01. The average Bonchev–Trinajstić information content (AvgIpc) is 2.83. The number of aromatic nitrogens is 4. The van der Waals surface area contributed by atoms with E-state index in [0.29, 0.717) is 5.92 Å². The zero-order chi connectivity index (χ0) is 12.2. The second kappa shape index (κ2) is 3.74. The van der Waals surface area contributed by atoms with Gasteiger partial charge in [0.2, 0.25) is 4.96 Å². The summed E-state index contributed by atoms with van der Waals surface area (Å²) in [4.78, 5) is 0.964. The van der Waals surface area contributed by atoms with Crippen LogP contribution >= 0.6 is 11.3 Å². The molecule has 2 aromatic rings. The molecule has 5 nitrogen and oxygen atoms in total. The smallest absolute Gasteiger partial charge is 0.234 e. The van der Waals surface area contributed by atoms with Crippen LogP contribution in [0.3, 0.4) is 0 Å². The van der Waals surface area contributed by atoms with Gasteiger partial charge in [-0.05, 0) is 32.2 Å². The Kier molecular flexibility index (Phi) is 2.26. The van der Waals surface area contributed by atoms with E-state index in [2.05, 4.69) is 22.4 Å². The van der Waals surface area contributed by atoms with Crippen molar-refractivity contribution < 1.29 is 0 Å². The van der Waals surface area contributed by atoms with Crippen molar-refractivity contribution in [2.24, 2.45) is 0 Å². The maximum atomic E-state index is 4.83. The highest BCUT2D eigenvalue weighted by molar-refractivity contribution is 7.16. The van der Waals surface area contributed by atoms with Crippen LogP contribution in [-0.4, -0.2) is 32.9 Å². The van der Waals surface area contributed by atoms with E-state index < -0.39 is 0 Å². The van der Waals surface area contributed by atoms with Crippen molar-refractivity contribution in [3.8, 4) is 0 Å². The minimum absolute atomic E-state index is 0.228. The first-order valence-corrected chi connectivity index (χ1v) is 7.57. The van der Waals surface area contributed by atoms with Gasteiger partial charge >= 0.3 is 0 Å². The largest absolute Gasteiger partial charge is 0.316 e. The maximum Gasteiger partial charge on any atom is 0.234 e. The highest BCUT2D eigenvalue weighted by Gasteiger charge is 2.38. The van der Waals surface area contributed by atoms with Crippen LogP contribution < -0.4 is 5.32 Å². The molecule has 1 unspecified atom stereocenters. The van der Waals surface area contributed by atoms with E-state index >= 15 is 0 Å². The summed E-state index contributed by atoms with van der Waals surface area (Å²) < 4.78 is 1.99.